The van der Waals surface area contributed by atoms with E-state index in [0.717, 1.165) is 52.5 Å². The van der Waals surface area contributed by atoms with Gasteiger partial charge in [-0.1, -0.05) is 12.1 Å². The Balaban J connectivity index is 1.35. The molecule has 2 aromatic carbocycles. The first kappa shape index (κ1) is 17.2. The Bertz CT molecular complexity index is 1000. The van der Waals surface area contributed by atoms with Gasteiger partial charge in [0.25, 0.3) is 0 Å². The highest BCUT2D eigenvalue weighted by Crippen LogP contribution is 2.35. The van der Waals surface area contributed by atoms with Gasteiger partial charge in [-0.15, -0.1) is 0 Å². The van der Waals surface area contributed by atoms with E-state index in [1.54, 1.807) is 0 Å². The molecular formula is C21H24N6O. The maximum atomic E-state index is 5.78. The molecule has 28 heavy (non-hydrogen) atoms. The third-order valence-electron chi connectivity index (χ3n) is 5.34. The zero-order valence-corrected chi connectivity index (χ0v) is 15.7. The lowest BCUT2D eigenvalue weighted by Gasteiger charge is -2.15. The van der Waals surface area contributed by atoms with Gasteiger partial charge >= 0.3 is 0 Å². The Morgan fingerprint density at radius 2 is 1.93 bits per heavy atom. The van der Waals surface area contributed by atoms with Crippen molar-refractivity contribution in [3.8, 4) is 16.9 Å². The van der Waals surface area contributed by atoms with Crippen LogP contribution in [0.3, 0.4) is 0 Å². The highest BCUT2D eigenvalue weighted by molar-refractivity contribution is 5.83. The molecule has 2 aliphatic rings. The quantitative estimate of drug-likeness (QED) is 0.631. The molecule has 0 aliphatic carbocycles. The molecule has 0 saturated carbocycles. The molecule has 2 aliphatic heterocycles. The summed E-state index contributed by atoms with van der Waals surface area (Å²) >= 11 is 0. The Morgan fingerprint density at radius 3 is 2.82 bits per heavy atom. The smallest absolute Gasteiger partial charge is 0.225 e. The number of nitrogens with two attached hydrogens (primary N) is 1. The maximum absolute atomic E-state index is 5.78. The summed E-state index contributed by atoms with van der Waals surface area (Å²) in [5.41, 5.74) is 10.6. The van der Waals surface area contributed by atoms with Crippen molar-refractivity contribution < 1.29 is 4.74 Å². The summed E-state index contributed by atoms with van der Waals surface area (Å²) in [6.07, 6.45) is 3.95. The monoisotopic (exact) mass is 376 g/mol. The summed E-state index contributed by atoms with van der Waals surface area (Å²) in [4.78, 5) is 11.8. The Kier molecular flexibility index (Phi) is 4.46. The zero-order valence-electron chi connectivity index (χ0n) is 15.7. The SMILES string of the molecule is NC1Nc2cc(-c3ccc4ncc(NCCN5CCCC5)nc4c3)ccc2O1. The summed E-state index contributed by atoms with van der Waals surface area (Å²) in [6, 6.07) is 12.2. The number of rotatable bonds is 5. The minimum Gasteiger partial charge on any atom is -0.456 e. The number of fused-ring (bicyclic) bond motifs is 2. The lowest BCUT2D eigenvalue weighted by molar-refractivity contribution is 0.262. The molecule has 0 bridgehead atoms. The fraction of sp³-hybridized carbons (Fsp3) is 0.333. The van der Waals surface area contributed by atoms with Gasteiger partial charge < -0.3 is 20.3 Å². The number of anilines is 2. The van der Waals surface area contributed by atoms with Gasteiger partial charge in [-0.3, -0.25) is 10.7 Å². The van der Waals surface area contributed by atoms with Crippen molar-refractivity contribution in [2.75, 3.05) is 36.8 Å². The first-order chi connectivity index (χ1) is 13.7. The van der Waals surface area contributed by atoms with Crippen LogP contribution in [0.25, 0.3) is 22.2 Å². The van der Waals surface area contributed by atoms with E-state index in [1.165, 1.54) is 25.9 Å². The number of hydrogen-bond donors (Lipinski definition) is 3. The normalized spacial score (nSPS) is 18.7. The largest absolute Gasteiger partial charge is 0.456 e. The van der Waals surface area contributed by atoms with Crippen LogP contribution in [0.1, 0.15) is 12.8 Å². The third-order valence-corrected chi connectivity index (χ3v) is 5.34. The second kappa shape index (κ2) is 7.26. The van der Waals surface area contributed by atoms with Crippen LogP contribution in [0.15, 0.2) is 42.6 Å². The average molecular weight is 376 g/mol. The minimum absolute atomic E-state index is 0.484. The van der Waals surface area contributed by atoms with Crippen LogP contribution < -0.4 is 21.1 Å². The summed E-state index contributed by atoms with van der Waals surface area (Å²) < 4.78 is 5.49. The molecule has 1 atom stereocenters. The molecule has 1 saturated heterocycles. The van der Waals surface area contributed by atoms with Crippen molar-refractivity contribution in [1.82, 2.24) is 14.9 Å². The summed E-state index contributed by atoms with van der Waals surface area (Å²) in [5, 5.41) is 6.52. The highest BCUT2D eigenvalue weighted by Gasteiger charge is 2.18. The second-order valence-electron chi connectivity index (χ2n) is 7.33. The summed E-state index contributed by atoms with van der Waals surface area (Å²) in [5.74, 6) is 1.60. The van der Waals surface area contributed by atoms with E-state index in [9.17, 15) is 0 Å². The summed E-state index contributed by atoms with van der Waals surface area (Å²) in [6.45, 7) is 4.35. The molecular weight excluding hydrogens is 352 g/mol. The number of hydrogen-bond acceptors (Lipinski definition) is 7. The Morgan fingerprint density at radius 1 is 1.11 bits per heavy atom. The van der Waals surface area contributed by atoms with Crippen molar-refractivity contribution >= 4 is 22.5 Å². The summed E-state index contributed by atoms with van der Waals surface area (Å²) in [7, 11) is 0. The Hall–Kier alpha value is -2.90. The Labute approximate surface area is 163 Å². The van der Waals surface area contributed by atoms with Gasteiger partial charge in [0.1, 0.15) is 11.6 Å². The molecule has 3 aromatic rings. The van der Waals surface area contributed by atoms with E-state index < -0.39 is 6.35 Å². The van der Waals surface area contributed by atoms with E-state index in [-0.39, 0.29) is 0 Å². The molecule has 1 aromatic heterocycles. The number of benzene rings is 2. The number of aromatic nitrogens is 2. The van der Waals surface area contributed by atoms with Crippen LogP contribution in [0.5, 0.6) is 5.75 Å². The van der Waals surface area contributed by atoms with Crippen molar-refractivity contribution in [1.29, 1.82) is 0 Å². The van der Waals surface area contributed by atoms with Gasteiger partial charge in [0, 0.05) is 13.1 Å². The third kappa shape index (κ3) is 3.46. The number of ether oxygens (including phenoxy) is 1. The molecule has 1 fully saturated rings. The molecule has 7 heteroatoms. The molecule has 0 spiro atoms. The molecule has 4 N–H and O–H groups in total. The number of nitrogens with zero attached hydrogens (tertiary/aromatic N) is 3. The lowest BCUT2D eigenvalue weighted by atomic mass is 10.0. The van der Waals surface area contributed by atoms with Gasteiger partial charge in [0.05, 0.1) is 22.9 Å². The van der Waals surface area contributed by atoms with Crippen LogP contribution >= 0.6 is 0 Å². The van der Waals surface area contributed by atoms with E-state index >= 15 is 0 Å². The standard InChI is InChI=1S/C21H24N6O/c22-21-26-18-12-15(4-6-19(18)28-21)14-3-5-16-17(11-14)25-20(13-24-16)23-7-10-27-8-1-2-9-27/h3-6,11-13,21,26H,1-2,7-10,22H2,(H,23,25). The van der Waals surface area contributed by atoms with Crippen molar-refractivity contribution in [2.45, 2.75) is 19.2 Å². The first-order valence-corrected chi connectivity index (χ1v) is 9.81. The lowest BCUT2D eigenvalue weighted by Crippen LogP contribution is -2.30. The van der Waals surface area contributed by atoms with Crippen LogP contribution in [-0.4, -0.2) is 47.4 Å². The molecule has 0 radical (unpaired) electrons. The highest BCUT2D eigenvalue weighted by atomic mass is 16.5. The zero-order chi connectivity index (χ0) is 18.9. The van der Waals surface area contributed by atoms with E-state index in [2.05, 4.69) is 38.7 Å². The van der Waals surface area contributed by atoms with Crippen molar-refractivity contribution in [3.05, 3.63) is 42.6 Å². The van der Waals surface area contributed by atoms with Crippen LogP contribution in [-0.2, 0) is 0 Å². The van der Waals surface area contributed by atoms with Gasteiger partial charge in [0.2, 0.25) is 6.35 Å². The van der Waals surface area contributed by atoms with Gasteiger partial charge in [0.15, 0.2) is 0 Å². The van der Waals surface area contributed by atoms with Crippen LogP contribution in [0, 0.1) is 0 Å². The van der Waals surface area contributed by atoms with Crippen molar-refractivity contribution in [2.24, 2.45) is 5.73 Å². The number of likely N-dealkylation sites (tertiary alicyclic amines) is 1. The van der Waals surface area contributed by atoms with Crippen LogP contribution in [0.4, 0.5) is 11.5 Å². The van der Waals surface area contributed by atoms with Crippen molar-refractivity contribution in [3.63, 3.8) is 0 Å². The molecule has 1 unspecified atom stereocenters. The van der Waals surface area contributed by atoms with Gasteiger partial charge in [-0.05, 0) is 61.3 Å². The molecule has 5 rings (SSSR count). The number of nitrogens with one attached hydrogen (secondary N) is 2. The first-order valence-electron chi connectivity index (χ1n) is 9.81. The van der Waals surface area contributed by atoms with Gasteiger partial charge in [-0.2, -0.15) is 0 Å². The fourth-order valence-electron chi connectivity index (χ4n) is 3.87. The van der Waals surface area contributed by atoms with E-state index in [1.807, 2.05) is 24.4 Å². The van der Waals surface area contributed by atoms with E-state index in [0.29, 0.717) is 0 Å². The van der Waals surface area contributed by atoms with Gasteiger partial charge in [-0.25, -0.2) is 4.98 Å². The predicted molar refractivity (Wildman–Crippen MR) is 111 cm³/mol. The average Bonchev–Trinajstić information content (AvgIpc) is 3.35. The molecule has 3 heterocycles. The molecule has 0 amide bonds. The predicted octanol–water partition coefficient (Wildman–Crippen LogP) is 2.85. The second-order valence-corrected chi connectivity index (χ2v) is 7.33. The van der Waals surface area contributed by atoms with E-state index in [4.69, 9.17) is 15.5 Å². The molecule has 7 nitrogen and oxygen atoms in total. The van der Waals surface area contributed by atoms with Crippen LogP contribution in [0.2, 0.25) is 0 Å². The fourth-order valence-corrected chi connectivity index (χ4v) is 3.87. The maximum Gasteiger partial charge on any atom is 0.225 e. The minimum atomic E-state index is -0.484. The topological polar surface area (TPSA) is 88.3 Å². The molecule has 144 valence electrons.